The molecular formula is C16H25N3O5S. The van der Waals surface area contributed by atoms with E-state index in [0.29, 0.717) is 45.7 Å². The van der Waals surface area contributed by atoms with Crippen molar-refractivity contribution in [3.63, 3.8) is 0 Å². The Hall–Kier alpha value is -1.45. The maximum atomic E-state index is 12.8. The summed E-state index contributed by atoms with van der Waals surface area (Å²) in [5, 5.41) is 3.34. The molecule has 0 bridgehead atoms. The molecule has 0 saturated carbocycles. The topological polar surface area (TPSA) is 93.0 Å². The molecule has 2 fully saturated rings. The molecule has 1 atom stereocenters. The highest BCUT2D eigenvalue weighted by Crippen LogP contribution is 2.23. The van der Waals surface area contributed by atoms with E-state index in [-0.39, 0.29) is 24.1 Å². The molecular weight excluding hydrogens is 346 g/mol. The number of nitrogens with zero attached hydrogens (tertiary/aromatic N) is 3. The van der Waals surface area contributed by atoms with Gasteiger partial charge in [-0.15, -0.1) is 0 Å². The molecule has 8 nitrogen and oxygen atoms in total. The van der Waals surface area contributed by atoms with Crippen LogP contribution in [-0.4, -0.2) is 73.3 Å². The van der Waals surface area contributed by atoms with Gasteiger partial charge in [-0.2, -0.15) is 4.31 Å². The molecule has 3 heterocycles. The lowest BCUT2D eigenvalue weighted by Crippen LogP contribution is -2.51. The largest absolute Gasteiger partial charge is 0.379 e. The number of morpholine rings is 1. The van der Waals surface area contributed by atoms with Crippen molar-refractivity contribution in [1.29, 1.82) is 0 Å². The van der Waals surface area contributed by atoms with Crippen LogP contribution in [0.2, 0.25) is 0 Å². The summed E-state index contributed by atoms with van der Waals surface area (Å²) in [5.74, 6) is 0.0514. The average Bonchev–Trinajstić information content (AvgIpc) is 3.12. The van der Waals surface area contributed by atoms with E-state index in [4.69, 9.17) is 9.26 Å². The van der Waals surface area contributed by atoms with Crippen LogP contribution in [0.3, 0.4) is 0 Å². The molecule has 0 aromatic carbocycles. The van der Waals surface area contributed by atoms with Gasteiger partial charge >= 0.3 is 0 Å². The number of carbonyl (C=O) groups excluding carboxylic acids is 1. The lowest BCUT2D eigenvalue weighted by Gasteiger charge is -2.36. The lowest BCUT2D eigenvalue weighted by atomic mass is 10.1. The van der Waals surface area contributed by atoms with Gasteiger partial charge in [-0.05, 0) is 18.8 Å². The molecule has 2 saturated heterocycles. The first-order valence-electron chi connectivity index (χ1n) is 8.72. The summed E-state index contributed by atoms with van der Waals surface area (Å²) in [6, 6.07) is 1.65. The number of sulfonamides is 1. The Kier molecular flexibility index (Phi) is 5.45. The third-order valence-electron chi connectivity index (χ3n) is 4.75. The number of aromatic nitrogens is 1. The number of likely N-dealkylation sites (tertiary alicyclic amines) is 1. The highest BCUT2D eigenvalue weighted by atomic mass is 32.2. The molecule has 2 aliphatic heterocycles. The van der Waals surface area contributed by atoms with Crippen LogP contribution in [0.4, 0.5) is 0 Å². The van der Waals surface area contributed by atoms with Gasteiger partial charge in [0.2, 0.25) is 15.8 Å². The minimum Gasteiger partial charge on any atom is -0.379 e. The summed E-state index contributed by atoms with van der Waals surface area (Å²) in [7, 11) is -3.43. The number of hydrogen-bond acceptors (Lipinski definition) is 6. The van der Waals surface area contributed by atoms with Crippen LogP contribution in [0.25, 0.3) is 0 Å². The normalized spacial score (nSPS) is 23.2. The van der Waals surface area contributed by atoms with Crippen molar-refractivity contribution in [2.45, 2.75) is 37.9 Å². The van der Waals surface area contributed by atoms with Crippen molar-refractivity contribution in [3.05, 3.63) is 17.5 Å². The van der Waals surface area contributed by atoms with Gasteiger partial charge in [-0.25, -0.2) is 8.42 Å². The predicted molar refractivity (Wildman–Crippen MR) is 90.8 cm³/mol. The molecule has 0 aliphatic carbocycles. The van der Waals surface area contributed by atoms with Crippen molar-refractivity contribution in [2.24, 2.45) is 0 Å². The van der Waals surface area contributed by atoms with E-state index in [2.05, 4.69) is 5.16 Å². The Morgan fingerprint density at radius 1 is 1.28 bits per heavy atom. The maximum absolute atomic E-state index is 12.8. The smallest absolute Gasteiger partial charge is 0.292 e. The average molecular weight is 371 g/mol. The van der Waals surface area contributed by atoms with Crippen LogP contribution >= 0.6 is 0 Å². The SMILES string of the molecule is CC(C)c1cc(C(=O)N2CCC[C@H](S(=O)(=O)N3CCOCC3)C2)on1. The van der Waals surface area contributed by atoms with Crippen LogP contribution in [0.1, 0.15) is 48.9 Å². The fraction of sp³-hybridized carbons (Fsp3) is 0.750. The van der Waals surface area contributed by atoms with E-state index in [1.54, 1.807) is 11.0 Å². The molecule has 1 aromatic heterocycles. The number of amides is 1. The molecule has 0 spiro atoms. The van der Waals surface area contributed by atoms with Crippen LogP contribution < -0.4 is 0 Å². The van der Waals surface area contributed by atoms with Gasteiger partial charge < -0.3 is 14.2 Å². The van der Waals surface area contributed by atoms with E-state index in [0.717, 1.165) is 5.69 Å². The lowest BCUT2D eigenvalue weighted by molar-refractivity contribution is 0.0660. The van der Waals surface area contributed by atoms with Gasteiger partial charge in [0.15, 0.2) is 0 Å². The molecule has 1 aromatic rings. The predicted octanol–water partition coefficient (Wildman–Crippen LogP) is 1.06. The summed E-state index contributed by atoms with van der Waals surface area (Å²) in [6.45, 7) is 6.27. The monoisotopic (exact) mass is 371 g/mol. The minimum atomic E-state index is -3.43. The first-order valence-corrected chi connectivity index (χ1v) is 10.2. The summed E-state index contributed by atoms with van der Waals surface area (Å²) >= 11 is 0. The summed E-state index contributed by atoms with van der Waals surface area (Å²) in [6.07, 6.45) is 1.22. The molecule has 9 heteroatoms. The Balaban J connectivity index is 1.70. The van der Waals surface area contributed by atoms with E-state index in [1.807, 2.05) is 13.8 Å². The highest BCUT2D eigenvalue weighted by Gasteiger charge is 2.38. The molecule has 0 unspecified atom stereocenters. The molecule has 0 radical (unpaired) electrons. The van der Waals surface area contributed by atoms with E-state index in [9.17, 15) is 13.2 Å². The number of ether oxygens (including phenoxy) is 1. The zero-order valence-electron chi connectivity index (χ0n) is 14.7. The highest BCUT2D eigenvalue weighted by molar-refractivity contribution is 7.89. The quantitative estimate of drug-likeness (QED) is 0.786. The third-order valence-corrected chi connectivity index (χ3v) is 7.06. The molecule has 0 N–H and O–H groups in total. The first kappa shape index (κ1) is 18.3. The van der Waals surface area contributed by atoms with Gasteiger partial charge in [0, 0.05) is 32.2 Å². The van der Waals surface area contributed by atoms with Crippen LogP contribution in [0, 0.1) is 0 Å². The first-order chi connectivity index (χ1) is 11.9. The Morgan fingerprint density at radius 2 is 2.00 bits per heavy atom. The Labute approximate surface area is 148 Å². The minimum absolute atomic E-state index is 0.168. The fourth-order valence-corrected chi connectivity index (χ4v) is 5.11. The van der Waals surface area contributed by atoms with Crippen molar-refractivity contribution in [1.82, 2.24) is 14.4 Å². The van der Waals surface area contributed by atoms with Crippen LogP contribution in [-0.2, 0) is 14.8 Å². The van der Waals surface area contributed by atoms with Crippen molar-refractivity contribution < 1.29 is 22.5 Å². The number of piperidine rings is 1. The van der Waals surface area contributed by atoms with Crippen LogP contribution in [0.5, 0.6) is 0 Å². The van der Waals surface area contributed by atoms with E-state index >= 15 is 0 Å². The summed E-state index contributed by atoms with van der Waals surface area (Å²) in [4.78, 5) is 14.2. The van der Waals surface area contributed by atoms with Crippen molar-refractivity contribution in [2.75, 3.05) is 39.4 Å². The molecule has 3 rings (SSSR count). The Morgan fingerprint density at radius 3 is 2.64 bits per heavy atom. The number of hydrogen-bond donors (Lipinski definition) is 0. The van der Waals surface area contributed by atoms with E-state index in [1.165, 1.54) is 4.31 Å². The van der Waals surface area contributed by atoms with Gasteiger partial charge in [0.1, 0.15) is 0 Å². The number of rotatable bonds is 4. The van der Waals surface area contributed by atoms with Crippen LogP contribution in [0.15, 0.2) is 10.6 Å². The fourth-order valence-electron chi connectivity index (χ4n) is 3.20. The number of carbonyl (C=O) groups is 1. The van der Waals surface area contributed by atoms with E-state index < -0.39 is 15.3 Å². The summed E-state index contributed by atoms with van der Waals surface area (Å²) < 4.78 is 37.5. The van der Waals surface area contributed by atoms with Gasteiger partial charge in [0.05, 0.1) is 24.2 Å². The standard InChI is InChI=1S/C16H25N3O5S/c1-12(2)14-10-15(24-17-14)16(20)18-5-3-4-13(11-18)25(21,22)19-6-8-23-9-7-19/h10,12-13H,3-9,11H2,1-2H3/t13-/m0/s1. The molecule has 25 heavy (non-hydrogen) atoms. The van der Waals surface area contributed by atoms with Gasteiger partial charge in [-0.1, -0.05) is 19.0 Å². The second kappa shape index (κ2) is 7.43. The second-order valence-corrected chi connectivity index (χ2v) is 9.06. The zero-order valence-corrected chi connectivity index (χ0v) is 15.5. The summed E-state index contributed by atoms with van der Waals surface area (Å²) in [5.41, 5.74) is 0.720. The Bertz CT molecular complexity index is 709. The molecule has 1 amide bonds. The molecule has 2 aliphatic rings. The van der Waals surface area contributed by atoms with Crippen molar-refractivity contribution >= 4 is 15.9 Å². The van der Waals surface area contributed by atoms with Gasteiger partial charge in [-0.3, -0.25) is 4.79 Å². The maximum Gasteiger partial charge on any atom is 0.292 e. The van der Waals surface area contributed by atoms with Gasteiger partial charge in [0.25, 0.3) is 5.91 Å². The third kappa shape index (κ3) is 3.88. The van der Waals surface area contributed by atoms with Crippen molar-refractivity contribution in [3.8, 4) is 0 Å². The zero-order chi connectivity index (χ0) is 18.0. The molecule has 140 valence electrons. The second-order valence-electron chi connectivity index (χ2n) is 6.84.